The number of carbonyl (C=O) groups is 2. The van der Waals surface area contributed by atoms with Crippen molar-refractivity contribution in [3.63, 3.8) is 0 Å². The zero-order valence-electron chi connectivity index (χ0n) is 24.0. The van der Waals surface area contributed by atoms with E-state index in [1.54, 1.807) is 61.7 Å². The second-order valence-electron chi connectivity index (χ2n) is 10.4. The number of methoxy groups -OCH3 is 1. The Hall–Kier alpha value is -3.37. The molecule has 4 rings (SSSR count). The van der Waals surface area contributed by atoms with Gasteiger partial charge in [0, 0.05) is 17.1 Å². The zero-order chi connectivity index (χ0) is 30.1. The molecule has 0 bridgehead atoms. The zero-order valence-corrected chi connectivity index (χ0v) is 26.4. The lowest BCUT2D eigenvalue weighted by Crippen LogP contribution is -2.54. The maximum Gasteiger partial charge on any atom is 0.264 e. The van der Waals surface area contributed by atoms with Crippen LogP contribution in [0.5, 0.6) is 5.75 Å². The number of halogens is 1. The number of benzene rings is 3. The Balaban J connectivity index is 1.69. The first-order chi connectivity index (χ1) is 20.2. The van der Waals surface area contributed by atoms with Crippen molar-refractivity contribution in [1.82, 2.24) is 10.2 Å². The molecule has 0 radical (unpaired) electrons. The van der Waals surface area contributed by atoms with Gasteiger partial charge in [-0.15, -0.1) is 0 Å². The molecule has 1 fully saturated rings. The minimum Gasteiger partial charge on any atom is -0.497 e. The van der Waals surface area contributed by atoms with Gasteiger partial charge in [0.2, 0.25) is 11.8 Å². The minimum absolute atomic E-state index is 0.0709. The van der Waals surface area contributed by atoms with E-state index in [4.69, 9.17) is 4.74 Å². The lowest BCUT2D eigenvalue weighted by Gasteiger charge is -2.34. The van der Waals surface area contributed by atoms with Crippen LogP contribution in [0.3, 0.4) is 0 Å². The standard InChI is InChI=1S/C32H38BrN3O5S/c1-3-30(32(38)34-26-12-6-4-7-13-26)35(22-24-17-19-28(41-2)20-18-24)31(37)23-36(27-14-10-11-25(33)21-27)42(39,40)29-15-8-5-9-16-29/h5,8-11,14-21,26,30H,3-4,6-7,12-13,22-23H2,1-2H3,(H,34,38)/t30-/m0/s1. The second-order valence-corrected chi connectivity index (χ2v) is 13.2. The summed E-state index contributed by atoms with van der Waals surface area (Å²) >= 11 is 3.43. The topological polar surface area (TPSA) is 96.0 Å². The molecule has 1 atom stereocenters. The molecule has 1 aliphatic rings. The molecule has 42 heavy (non-hydrogen) atoms. The number of sulfonamides is 1. The van der Waals surface area contributed by atoms with Crippen LogP contribution in [0.4, 0.5) is 5.69 Å². The maximum absolute atomic E-state index is 14.2. The molecule has 0 aromatic heterocycles. The van der Waals surface area contributed by atoms with Crippen molar-refractivity contribution in [2.24, 2.45) is 0 Å². The van der Waals surface area contributed by atoms with Crippen LogP contribution in [-0.2, 0) is 26.2 Å². The van der Waals surface area contributed by atoms with Crippen LogP contribution in [0, 0.1) is 0 Å². The van der Waals surface area contributed by atoms with Gasteiger partial charge in [-0.05, 0) is 67.3 Å². The highest BCUT2D eigenvalue weighted by atomic mass is 79.9. The molecular weight excluding hydrogens is 618 g/mol. The van der Waals surface area contributed by atoms with Crippen LogP contribution in [-0.4, -0.2) is 50.9 Å². The first kappa shape index (κ1) is 31.6. The third kappa shape index (κ3) is 7.92. The minimum atomic E-state index is -4.11. The van der Waals surface area contributed by atoms with Gasteiger partial charge >= 0.3 is 0 Å². The van der Waals surface area contributed by atoms with E-state index in [9.17, 15) is 18.0 Å². The highest BCUT2D eigenvalue weighted by Crippen LogP contribution is 2.27. The van der Waals surface area contributed by atoms with Crippen molar-refractivity contribution in [2.75, 3.05) is 18.0 Å². The fourth-order valence-electron chi connectivity index (χ4n) is 5.27. The van der Waals surface area contributed by atoms with E-state index in [1.165, 1.54) is 17.0 Å². The summed E-state index contributed by atoms with van der Waals surface area (Å²) in [5.74, 6) is -0.0179. The molecule has 0 aliphatic heterocycles. The number of rotatable bonds is 12. The summed E-state index contributed by atoms with van der Waals surface area (Å²) in [6.07, 6.45) is 5.50. The van der Waals surface area contributed by atoms with Crippen molar-refractivity contribution in [3.05, 3.63) is 88.9 Å². The van der Waals surface area contributed by atoms with Crippen molar-refractivity contribution < 1.29 is 22.7 Å². The number of hydrogen-bond donors (Lipinski definition) is 1. The molecule has 0 saturated heterocycles. The third-order valence-corrected chi connectivity index (χ3v) is 9.84. The van der Waals surface area contributed by atoms with E-state index in [0.717, 1.165) is 42.0 Å². The molecular formula is C32H38BrN3O5S. The lowest BCUT2D eigenvalue weighted by atomic mass is 9.95. The van der Waals surface area contributed by atoms with Crippen LogP contribution in [0.1, 0.15) is 51.0 Å². The highest BCUT2D eigenvalue weighted by molar-refractivity contribution is 9.10. The molecule has 3 aromatic carbocycles. The van der Waals surface area contributed by atoms with Gasteiger partial charge in [0.05, 0.1) is 17.7 Å². The van der Waals surface area contributed by atoms with E-state index in [0.29, 0.717) is 22.3 Å². The molecule has 3 aromatic rings. The number of nitrogens with zero attached hydrogens (tertiary/aromatic N) is 2. The average Bonchev–Trinajstić information content (AvgIpc) is 3.00. The molecule has 224 valence electrons. The van der Waals surface area contributed by atoms with E-state index < -0.39 is 28.5 Å². The van der Waals surface area contributed by atoms with Gasteiger partial charge in [-0.2, -0.15) is 0 Å². The Kier molecular flexibility index (Phi) is 11.0. The summed E-state index contributed by atoms with van der Waals surface area (Å²) in [5.41, 5.74) is 1.14. The van der Waals surface area contributed by atoms with E-state index in [1.807, 2.05) is 19.1 Å². The summed E-state index contributed by atoms with van der Waals surface area (Å²) in [5, 5.41) is 3.17. The van der Waals surface area contributed by atoms with Crippen molar-refractivity contribution >= 4 is 43.5 Å². The quantitative estimate of drug-likeness (QED) is 0.262. The highest BCUT2D eigenvalue weighted by Gasteiger charge is 2.34. The Labute approximate surface area is 257 Å². The Morgan fingerprint density at radius 3 is 2.29 bits per heavy atom. The fraction of sp³-hybridized carbons (Fsp3) is 0.375. The third-order valence-electron chi connectivity index (χ3n) is 7.56. The first-order valence-electron chi connectivity index (χ1n) is 14.3. The summed E-state index contributed by atoms with van der Waals surface area (Å²) in [4.78, 5) is 29.4. The molecule has 1 N–H and O–H groups in total. The van der Waals surface area contributed by atoms with Crippen molar-refractivity contribution in [1.29, 1.82) is 0 Å². The second kappa shape index (κ2) is 14.7. The predicted molar refractivity (Wildman–Crippen MR) is 168 cm³/mol. The fourth-order valence-corrected chi connectivity index (χ4v) is 7.09. The maximum atomic E-state index is 14.2. The normalized spacial score (nSPS) is 14.5. The number of ether oxygens (including phenoxy) is 1. The average molecular weight is 657 g/mol. The molecule has 0 unspecified atom stereocenters. The van der Waals surface area contributed by atoms with Gasteiger partial charge in [0.25, 0.3) is 10.0 Å². The number of hydrogen-bond acceptors (Lipinski definition) is 5. The predicted octanol–water partition coefficient (Wildman–Crippen LogP) is 5.91. The Bertz CT molecular complexity index is 1440. The van der Waals surface area contributed by atoms with Crippen LogP contribution >= 0.6 is 15.9 Å². The van der Waals surface area contributed by atoms with Crippen LogP contribution in [0.15, 0.2) is 88.2 Å². The van der Waals surface area contributed by atoms with E-state index >= 15 is 0 Å². The van der Waals surface area contributed by atoms with E-state index in [-0.39, 0.29) is 23.4 Å². The van der Waals surface area contributed by atoms with Gasteiger partial charge < -0.3 is 15.0 Å². The molecule has 0 spiro atoms. The SMILES string of the molecule is CC[C@@H](C(=O)NC1CCCCC1)N(Cc1ccc(OC)cc1)C(=O)CN(c1cccc(Br)c1)S(=O)(=O)c1ccccc1. The molecule has 1 aliphatic carbocycles. The van der Waals surface area contributed by atoms with E-state index in [2.05, 4.69) is 21.2 Å². The lowest BCUT2D eigenvalue weighted by molar-refractivity contribution is -0.140. The molecule has 2 amide bonds. The van der Waals surface area contributed by atoms with Gasteiger partial charge in [-0.3, -0.25) is 13.9 Å². The summed E-state index contributed by atoms with van der Waals surface area (Å²) in [6, 6.07) is 21.5. The number of anilines is 1. The molecule has 8 nitrogen and oxygen atoms in total. The Morgan fingerprint density at radius 1 is 0.976 bits per heavy atom. The van der Waals surface area contributed by atoms with Crippen LogP contribution in [0.2, 0.25) is 0 Å². The molecule has 1 saturated carbocycles. The number of nitrogens with one attached hydrogen (secondary N) is 1. The van der Waals surface area contributed by atoms with Gasteiger partial charge in [0.15, 0.2) is 0 Å². The summed E-state index contributed by atoms with van der Waals surface area (Å²) in [7, 11) is -2.53. The monoisotopic (exact) mass is 655 g/mol. The van der Waals surface area contributed by atoms with Crippen molar-refractivity contribution in [3.8, 4) is 5.75 Å². The van der Waals surface area contributed by atoms with Gasteiger partial charge in [-0.1, -0.05) is 78.5 Å². The number of amides is 2. The Morgan fingerprint density at radius 2 is 1.67 bits per heavy atom. The number of carbonyl (C=O) groups excluding carboxylic acids is 2. The smallest absolute Gasteiger partial charge is 0.264 e. The molecule has 0 heterocycles. The molecule has 10 heteroatoms. The summed E-state index contributed by atoms with van der Waals surface area (Å²) in [6.45, 7) is 1.53. The van der Waals surface area contributed by atoms with Crippen LogP contribution < -0.4 is 14.4 Å². The summed E-state index contributed by atoms with van der Waals surface area (Å²) < 4.78 is 34.9. The largest absolute Gasteiger partial charge is 0.497 e. The van der Waals surface area contributed by atoms with Crippen LogP contribution in [0.25, 0.3) is 0 Å². The van der Waals surface area contributed by atoms with Crippen molar-refractivity contribution in [2.45, 2.75) is 69.0 Å². The van der Waals surface area contributed by atoms with Gasteiger partial charge in [0.1, 0.15) is 18.3 Å². The first-order valence-corrected chi connectivity index (χ1v) is 16.5. The van der Waals surface area contributed by atoms with Gasteiger partial charge in [-0.25, -0.2) is 8.42 Å².